The number of hydrogen-bond donors (Lipinski definition) is 2. The van der Waals surface area contributed by atoms with Crippen LogP contribution >= 0.6 is 11.3 Å². The van der Waals surface area contributed by atoms with Crippen LogP contribution in [0.15, 0.2) is 36.1 Å². The molecule has 4 aromatic heterocycles. The molecule has 1 aliphatic heterocycles. The molecule has 5 rings (SSSR count). The fourth-order valence-electron chi connectivity index (χ4n) is 3.98. The van der Waals surface area contributed by atoms with Gasteiger partial charge in [0.25, 0.3) is 5.91 Å². The molecule has 11 heteroatoms. The number of amides is 1. The third-order valence-corrected chi connectivity index (χ3v) is 6.67. The third kappa shape index (κ3) is 4.33. The standard InChI is InChI=1S/C22H19F3N6OS/c1-12-17-4-13(6-27-20(17)30-29-12)9-31-3-2-16-18(11-33-19(16)10-31)21(32)28-15-5-14(7-26-8-15)22(23,24)25/h4-8,11H,2-3,9-10H2,1H3,(H,28,32)(H,27,29,30). The first kappa shape index (κ1) is 21.5. The van der Waals surface area contributed by atoms with Crippen molar-refractivity contribution in [3.63, 3.8) is 0 Å². The molecule has 170 valence electrons. The van der Waals surface area contributed by atoms with Crippen LogP contribution in [-0.4, -0.2) is 37.5 Å². The lowest BCUT2D eigenvalue weighted by Crippen LogP contribution is -2.30. The van der Waals surface area contributed by atoms with Crippen molar-refractivity contribution < 1.29 is 18.0 Å². The summed E-state index contributed by atoms with van der Waals surface area (Å²) < 4.78 is 38.7. The van der Waals surface area contributed by atoms with Crippen molar-refractivity contribution in [2.45, 2.75) is 32.6 Å². The van der Waals surface area contributed by atoms with Gasteiger partial charge >= 0.3 is 6.18 Å². The monoisotopic (exact) mass is 472 g/mol. The molecule has 0 bridgehead atoms. The van der Waals surface area contributed by atoms with Crippen molar-refractivity contribution in [1.82, 2.24) is 25.1 Å². The maximum Gasteiger partial charge on any atom is 0.417 e. The highest BCUT2D eigenvalue weighted by molar-refractivity contribution is 7.10. The number of hydrogen-bond acceptors (Lipinski definition) is 6. The fourth-order valence-corrected chi connectivity index (χ4v) is 5.10. The maximum absolute atomic E-state index is 12.9. The second-order valence-electron chi connectivity index (χ2n) is 7.99. The average molecular weight is 472 g/mol. The van der Waals surface area contributed by atoms with E-state index in [1.54, 1.807) is 5.38 Å². The van der Waals surface area contributed by atoms with Gasteiger partial charge in [-0.15, -0.1) is 11.3 Å². The van der Waals surface area contributed by atoms with E-state index in [-0.39, 0.29) is 5.69 Å². The van der Waals surface area contributed by atoms with Crippen molar-refractivity contribution in [2.75, 3.05) is 11.9 Å². The molecule has 5 heterocycles. The highest BCUT2D eigenvalue weighted by Gasteiger charge is 2.31. The predicted octanol–water partition coefficient (Wildman–Crippen LogP) is 4.55. The highest BCUT2D eigenvalue weighted by Crippen LogP contribution is 2.32. The smallest absolute Gasteiger partial charge is 0.321 e. The van der Waals surface area contributed by atoms with E-state index in [9.17, 15) is 18.0 Å². The van der Waals surface area contributed by atoms with Gasteiger partial charge in [0.15, 0.2) is 5.65 Å². The minimum atomic E-state index is -4.52. The van der Waals surface area contributed by atoms with Crippen LogP contribution in [0.2, 0.25) is 0 Å². The molecule has 0 saturated carbocycles. The maximum atomic E-state index is 12.9. The first-order chi connectivity index (χ1) is 15.8. The van der Waals surface area contributed by atoms with E-state index in [1.165, 1.54) is 17.5 Å². The van der Waals surface area contributed by atoms with E-state index >= 15 is 0 Å². The molecule has 2 N–H and O–H groups in total. The summed E-state index contributed by atoms with van der Waals surface area (Å²) in [5.74, 6) is -0.424. The van der Waals surface area contributed by atoms with Crippen LogP contribution in [0, 0.1) is 6.92 Å². The van der Waals surface area contributed by atoms with Crippen molar-refractivity contribution in [1.29, 1.82) is 0 Å². The number of carbonyl (C=O) groups is 1. The summed E-state index contributed by atoms with van der Waals surface area (Å²) in [6.07, 6.45) is -0.0649. The Bertz CT molecular complexity index is 1350. The number of rotatable bonds is 4. The van der Waals surface area contributed by atoms with Gasteiger partial charge in [0, 0.05) is 53.4 Å². The number of alkyl halides is 3. The Kier molecular flexibility index (Phi) is 5.37. The van der Waals surface area contributed by atoms with Gasteiger partial charge in [-0.3, -0.25) is 19.8 Å². The topological polar surface area (TPSA) is 86.8 Å². The molecule has 4 aromatic rings. The van der Waals surface area contributed by atoms with Gasteiger partial charge in [-0.2, -0.15) is 18.3 Å². The number of nitrogens with zero attached hydrogens (tertiary/aromatic N) is 4. The van der Waals surface area contributed by atoms with E-state index in [0.717, 1.165) is 52.4 Å². The van der Waals surface area contributed by atoms with Gasteiger partial charge in [0.1, 0.15) is 0 Å². The normalized spacial score (nSPS) is 14.4. The van der Waals surface area contributed by atoms with Crippen LogP contribution in [0.3, 0.4) is 0 Å². The zero-order chi connectivity index (χ0) is 23.2. The van der Waals surface area contributed by atoms with Gasteiger partial charge < -0.3 is 5.32 Å². The second-order valence-corrected chi connectivity index (χ2v) is 8.95. The predicted molar refractivity (Wildman–Crippen MR) is 118 cm³/mol. The zero-order valence-electron chi connectivity index (χ0n) is 17.5. The SMILES string of the molecule is Cc1[nH]nc2ncc(CN3CCc4c(C(=O)Nc5cncc(C(F)(F)F)c5)csc4C3)cc12. The molecular formula is C22H19F3N6OS. The number of H-pyrrole nitrogens is 1. The Hall–Kier alpha value is -3.31. The summed E-state index contributed by atoms with van der Waals surface area (Å²) in [4.78, 5) is 24.1. The molecule has 1 aliphatic rings. The minimum Gasteiger partial charge on any atom is -0.321 e. The number of carbonyl (C=O) groups excluding carboxylic acids is 1. The largest absolute Gasteiger partial charge is 0.417 e. The van der Waals surface area contributed by atoms with Crippen molar-refractivity contribution in [2.24, 2.45) is 0 Å². The molecular weight excluding hydrogens is 453 g/mol. The molecule has 0 spiro atoms. The number of thiophene rings is 1. The number of halogens is 3. The van der Waals surface area contributed by atoms with Crippen molar-refractivity contribution in [3.8, 4) is 0 Å². The lowest BCUT2D eigenvalue weighted by molar-refractivity contribution is -0.137. The molecule has 0 aromatic carbocycles. The lowest BCUT2D eigenvalue weighted by atomic mass is 10.0. The van der Waals surface area contributed by atoms with Gasteiger partial charge in [0.05, 0.1) is 23.0 Å². The van der Waals surface area contributed by atoms with Gasteiger partial charge in [0.2, 0.25) is 0 Å². The minimum absolute atomic E-state index is 0.0182. The Labute approximate surface area is 190 Å². The number of fused-ring (bicyclic) bond motifs is 2. The van der Waals surface area contributed by atoms with Crippen molar-refractivity contribution in [3.05, 3.63) is 68.9 Å². The molecule has 33 heavy (non-hydrogen) atoms. The second kappa shape index (κ2) is 8.23. The fraction of sp³-hybridized carbons (Fsp3) is 0.273. The molecule has 0 aliphatic carbocycles. The first-order valence-corrected chi connectivity index (χ1v) is 11.1. The Morgan fingerprint density at radius 2 is 2.12 bits per heavy atom. The number of pyridine rings is 2. The summed E-state index contributed by atoms with van der Waals surface area (Å²) >= 11 is 1.49. The molecule has 0 radical (unpaired) electrons. The Balaban J connectivity index is 1.28. The van der Waals surface area contributed by atoms with Crippen molar-refractivity contribution >= 4 is 34.0 Å². The lowest BCUT2D eigenvalue weighted by Gasteiger charge is -2.27. The number of aryl methyl sites for hydroxylation is 1. The first-order valence-electron chi connectivity index (χ1n) is 10.2. The quantitative estimate of drug-likeness (QED) is 0.455. The van der Waals surface area contributed by atoms with Gasteiger partial charge in [-0.05, 0) is 36.6 Å². The third-order valence-electron chi connectivity index (χ3n) is 5.66. The molecule has 0 atom stereocenters. The molecule has 1 amide bonds. The van der Waals surface area contributed by atoms with Crippen LogP contribution in [0.4, 0.5) is 18.9 Å². The molecule has 0 unspecified atom stereocenters. The zero-order valence-corrected chi connectivity index (χ0v) is 18.3. The Morgan fingerprint density at radius 1 is 1.27 bits per heavy atom. The van der Waals surface area contributed by atoms with Crippen LogP contribution in [0.5, 0.6) is 0 Å². The van der Waals surface area contributed by atoms with Crippen LogP contribution in [0.1, 0.15) is 37.6 Å². The van der Waals surface area contributed by atoms with Crippen LogP contribution in [-0.2, 0) is 25.7 Å². The molecule has 7 nitrogen and oxygen atoms in total. The van der Waals surface area contributed by atoms with Gasteiger partial charge in [-0.1, -0.05) is 0 Å². The summed E-state index contributed by atoms with van der Waals surface area (Å²) in [6, 6.07) is 2.98. The van der Waals surface area contributed by atoms with E-state index < -0.39 is 17.6 Å². The van der Waals surface area contributed by atoms with Gasteiger partial charge in [-0.25, -0.2) is 4.98 Å². The van der Waals surface area contributed by atoms with Crippen LogP contribution in [0.25, 0.3) is 11.0 Å². The summed E-state index contributed by atoms with van der Waals surface area (Å²) in [5.41, 5.74) is 3.33. The summed E-state index contributed by atoms with van der Waals surface area (Å²) in [5, 5.41) is 12.4. The number of aromatic amines is 1. The van der Waals surface area contributed by atoms with E-state index in [4.69, 9.17) is 0 Å². The molecule has 0 saturated heterocycles. The number of nitrogens with one attached hydrogen (secondary N) is 2. The van der Waals surface area contributed by atoms with Crippen LogP contribution < -0.4 is 5.32 Å². The average Bonchev–Trinajstić information content (AvgIpc) is 3.37. The highest BCUT2D eigenvalue weighted by atomic mass is 32.1. The Morgan fingerprint density at radius 3 is 2.94 bits per heavy atom. The molecule has 0 fully saturated rings. The van der Waals surface area contributed by atoms with E-state index in [0.29, 0.717) is 24.2 Å². The number of aromatic nitrogens is 4. The van der Waals surface area contributed by atoms with E-state index in [2.05, 4.69) is 36.4 Å². The summed E-state index contributed by atoms with van der Waals surface area (Å²) in [6.45, 7) is 4.14. The number of anilines is 1. The van der Waals surface area contributed by atoms with E-state index in [1.807, 2.05) is 13.1 Å². The summed E-state index contributed by atoms with van der Waals surface area (Å²) in [7, 11) is 0.